The molecule has 3 atom stereocenters. The molecule has 0 radical (unpaired) electrons. The molecule has 2 saturated carbocycles. The lowest BCUT2D eigenvalue weighted by molar-refractivity contribution is -0.119. The molecule has 1 aromatic carbocycles. The van der Waals surface area contributed by atoms with Crippen LogP contribution in [0.3, 0.4) is 0 Å². The van der Waals surface area contributed by atoms with Crippen LogP contribution < -0.4 is 21.9 Å². The van der Waals surface area contributed by atoms with E-state index in [1.807, 2.05) is 37.3 Å². The molecule has 2 aromatic rings. The minimum atomic E-state index is -0.593. The monoisotopic (exact) mass is 424 g/mol. The molecule has 0 unspecified atom stereocenters. The van der Waals surface area contributed by atoms with Crippen LogP contribution in [0, 0.1) is 17.8 Å². The number of nitrogen functional groups attached to an aromatic ring is 1. The first-order valence-electron chi connectivity index (χ1n) is 11.4. The van der Waals surface area contributed by atoms with Gasteiger partial charge in [0.1, 0.15) is 5.82 Å². The molecule has 2 bridgehead atoms. The average molecular weight is 425 g/mol. The Labute approximate surface area is 182 Å². The van der Waals surface area contributed by atoms with Gasteiger partial charge in [0.15, 0.2) is 5.69 Å². The van der Waals surface area contributed by atoms with Crippen LogP contribution in [-0.2, 0) is 11.3 Å². The Balaban J connectivity index is 1.65. The summed E-state index contributed by atoms with van der Waals surface area (Å²) in [4.78, 5) is 42.6. The predicted molar refractivity (Wildman–Crippen MR) is 122 cm³/mol. The molecule has 31 heavy (non-hydrogen) atoms. The van der Waals surface area contributed by atoms with E-state index in [4.69, 9.17) is 5.73 Å². The fourth-order valence-corrected chi connectivity index (χ4v) is 5.40. The number of benzene rings is 1. The molecule has 0 saturated heterocycles. The summed E-state index contributed by atoms with van der Waals surface area (Å²) >= 11 is 0. The van der Waals surface area contributed by atoms with E-state index >= 15 is 0 Å². The number of carbonyl (C=O) groups excluding carboxylic acids is 1. The van der Waals surface area contributed by atoms with Gasteiger partial charge in [-0.1, -0.05) is 50.1 Å². The normalized spacial score (nSPS) is 22.0. The first-order chi connectivity index (χ1) is 15.0. The number of H-pyrrole nitrogens is 1. The number of rotatable bonds is 8. The van der Waals surface area contributed by atoms with Gasteiger partial charge >= 0.3 is 5.69 Å². The number of carbonyl (C=O) groups is 1. The second-order valence-electron chi connectivity index (χ2n) is 9.10. The van der Waals surface area contributed by atoms with Gasteiger partial charge in [0, 0.05) is 13.0 Å². The highest BCUT2D eigenvalue weighted by Gasteiger charge is 2.41. The van der Waals surface area contributed by atoms with Gasteiger partial charge < -0.3 is 10.6 Å². The third-order valence-electron chi connectivity index (χ3n) is 7.03. The first-order valence-corrected chi connectivity index (χ1v) is 11.4. The van der Waals surface area contributed by atoms with Crippen LogP contribution in [0.2, 0.25) is 0 Å². The average Bonchev–Trinajstić information content (AvgIpc) is 3.37. The molecule has 2 aliphatic rings. The lowest BCUT2D eigenvalue weighted by Gasteiger charge is -2.28. The Bertz CT molecular complexity index is 1040. The number of amides is 1. The van der Waals surface area contributed by atoms with Gasteiger partial charge in [-0.05, 0) is 49.0 Å². The maximum atomic E-state index is 13.4. The Hall–Kier alpha value is -2.83. The number of unbranched alkanes of at least 4 members (excludes halogenated alkanes) is 1. The zero-order chi connectivity index (χ0) is 22.0. The second-order valence-corrected chi connectivity index (χ2v) is 9.10. The number of anilines is 2. The maximum Gasteiger partial charge on any atom is 0.330 e. The van der Waals surface area contributed by atoms with Crippen molar-refractivity contribution in [1.29, 1.82) is 0 Å². The number of hydrogen-bond donors (Lipinski definition) is 2. The lowest BCUT2D eigenvalue weighted by Crippen LogP contribution is -2.42. The molecule has 166 valence electrons. The summed E-state index contributed by atoms with van der Waals surface area (Å²) in [5.74, 6) is 1.77. The van der Waals surface area contributed by atoms with Gasteiger partial charge in [0.05, 0.1) is 6.54 Å². The van der Waals surface area contributed by atoms with E-state index < -0.39 is 11.2 Å². The number of fused-ring (bicyclic) bond motifs is 2. The molecule has 0 spiro atoms. The third-order valence-corrected chi connectivity index (χ3v) is 7.03. The maximum absolute atomic E-state index is 13.4. The molecule has 1 amide bonds. The van der Waals surface area contributed by atoms with E-state index in [2.05, 4.69) is 4.98 Å². The van der Waals surface area contributed by atoms with Gasteiger partial charge in [-0.15, -0.1) is 0 Å². The smallest absolute Gasteiger partial charge is 0.330 e. The van der Waals surface area contributed by atoms with E-state index in [0.717, 1.165) is 30.7 Å². The zero-order valence-electron chi connectivity index (χ0n) is 18.2. The van der Waals surface area contributed by atoms with Crippen LogP contribution in [0.5, 0.6) is 0 Å². The lowest BCUT2D eigenvalue weighted by atomic mass is 9.86. The minimum absolute atomic E-state index is 0.0509. The second kappa shape index (κ2) is 9.12. The van der Waals surface area contributed by atoms with Crippen LogP contribution in [-0.4, -0.2) is 22.0 Å². The molecule has 2 aliphatic carbocycles. The summed E-state index contributed by atoms with van der Waals surface area (Å²) in [6.07, 6.45) is 6.93. The van der Waals surface area contributed by atoms with E-state index in [-0.39, 0.29) is 24.0 Å². The summed E-state index contributed by atoms with van der Waals surface area (Å²) in [6, 6.07) is 9.46. The van der Waals surface area contributed by atoms with Crippen molar-refractivity contribution >= 4 is 17.4 Å². The zero-order valence-corrected chi connectivity index (χ0v) is 18.2. The topological polar surface area (TPSA) is 101 Å². The first kappa shape index (κ1) is 21.4. The number of nitrogens with two attached hydrogens (primary N) is 1. The molecule has 2 fully saturated rings. The van der Waals surface area contributed by atoms with Crippen molar-refractivity contribution in [3.8, 4) is 0 Å². The van der Waals surface area contributed by atoms with Crippen molar-refractivity contribution in [2.45, 2.75) is 58.4 Å². The van der Waals surface area contributed by atoms with Gasteiger partial charge in [-0.25, -0.2) is 4.79 Å². The van der Waals surface area contributed by atoms with Crippen molar-refractivity contribution < 1.29 is 4.79 Å². The predicted octanol–water partition coefficient (Wildman–Crippen LogP) is 3.13. The van der Waals surface area contributed by atoms with Gasteiger partial charge in [-0.2, -0.15) is 0 Å². The molecular formula is C24H32N4O3. The van der Waals surface area contributed by atoms with Crippen LogP contribution in [0.15, 0.2) is 39.9 Å². The van der Waals surface area contributed by atoms with E-state index in [9.17, 15) is 14.4 Å². The van der Waals surface area contributed by atoms with E-state index in [1.54, 1.807) is 0 Å². The summed E-state index contributed by atoms with van der Waals surface area (Å²) in [7, 11) is 0. The SMILES string of the molecule is CCCCN(C(=O)C[C@H]1C[C@H]2CC[C@H]1C2)c1c(N)n(Cc2ccccc2)c(=O)[nH]c1=O. The number of nitrogens with one attached hydrogen (secondary N) is 1. The Morgan fingerprint density at radius 2 is 1.97 bits per heavy atom. The molecular weight excluding hydrogens is 392 g/mol. The highest BCUT2D eigenvalue weighted by atomic mass is 16.2. The third kappa shape index (κ3) is 4.45. The Morgan fingerprint density at radius 1 is 1.19 bits per heavy atom. The molecule has 0 aliphatic heterocycles. The summed E-state index contributed by atoms with van der Waals surface area (Å²) in [5.41, 5.74) is 6.20. The molecule has 7 heteroatoms. The van der Waals surface area contributed by atoms with Crippen LogP contribution >= 0.6 is 0 Å². The number of aromatic amines is 1. The molecule has 7 nitrogen and oxygen atoms in total. The fraction of sp³-hybridized carbons (Fsp3) is 0.542. The number of aromatic nitrogens is 2. The van der Waals surface area contributed by atoms with Gasteiger partial charge in [0.2, 0.25) is 5.91 Å². The van der Waals surface area contributed by atoms with Crippen molar-refractivity contribution in [1.82, 2.24) is 9.55 Å². The van der Waals surface area contributed by atoms with E-state index in [0.29, 0.717) is 24.8 Å². The van der Waals surface area contributed by atoms with Crippen molar-refractivity contribution in [2.75, 3.05) is 17.2 Å². The highest BCUT2D eigenvalue weighted by molar-refractivity contribution is 5.95. The molecule has 1 aromatic heterocycles. The number of hydrogen-bond acceptors (Lipinski definition) is 4. The summed E-state index contributed by atoms with van der Waals surface area (Å²) in [5, 5.41) is 0. The summed E-state index contributed by atoms with van der Waals surface area (Å²) in [6.45, 7) is 2.70. The Kier molecular flexibility index (Phi) is 6.30. The van der Waals surface area contributed by atoms with Crippen LogP contribution in [0.25, 0.3) is 0 Å². The molecule has 3 N–H and O–H groups in total. The van der Waals surface area contributed by atoms with E-state index in [1.165, 1.54) is 28.7 Å². The highest BCUT2D eigenvalue weighted by Crippen LogP contribution is 2.49. The fourth-order valence-electron chi connectivity index (χ4n) is 5.40. The van der Waals surface area contributed by atoms with Crippen LogP contribution in [0.4, 0.5) is 11.5 Å². The quantitative estimate of drug-likeness (QED) is 0.680. The van der Waals surface area contributed by atoms with Gasteiger partial charge in [0.25, 0.3) is 5.56 Å². The number of nitrogens with zero attached hydrogens (tertiary/aromatic N) is 2. The van der Waals surface area contributed by atoms with Crippen LogP contribution in [0.1, 0.15) is 57.4 Å². The largest absolute Gasteiger partial charge is 0.383 e. The van der Waals surface area contributed by atoms with Crippen molar-refractivity contribution in [3.05, 3.63) is 56.7 Å². The standard InChI is InChI=1S/C24H32N4O3/c1-2-3-11-27(20(29)14-19-13-17-9-10-18(19)12-17)21-22(25)28(24(31)26-23(21)30)15-16-7-5-4-6-8-16/h4-8,17-19H,2-3,9-15,25H2,1H3,(H,26,30,31)/t17-,18-,19+/m0/s1. The summed E-state index contributed by atoms with van der Waals surface area (Å²) < 4.78 is 1.34. The van der Waals surface area contributed by atoms with Gasteiger partial charge in [-0.3, -0.25) is 19.1 Å². The van der Waals surface area contributed by atoms with Crippen molar-refractivity contribution in [3.63, 3.8) is 0 Å². The molecule has 1 heterocycles. The Morgan fingerprint density at radius 3 is 2.61 bits per heavy atom. The van der Waals surface area contributed by atoms with Crippen molar-refractivity contribution in [2.24, 2.45) is 17.8 Å². The minimum Gasteiger partial charge on any atom is -0.383 e. The molecule has 4 rings (SSSR count).